The van der Waals surface area contributed by atoms with Crippen molar-refractivity contribution in [1.82, 2.24) is 19.4 Å². The number of carbonyl (C=O) groups is 1. The summed E-state index contributed by atoms with van der Waals surface area (Å²) in [5, 5.41) is 4.60. The van der Waals surface area contributed by atoms with Crippen LogP contribution in [0.15, 0.2) is 65.6 Å². The number of hydrogen-bond donors (Lipinski definition) is 1. The van der Waals surface area contributed by atoms with Crippen LogP contribution in [0.25, 0.3) is 11.8 Å². The van der Waals surface area contributed by atoms with Crippen LogP contribution < -0.4 is 4.72 Å². The molecule has 2 heterocycles. The van der Waals surface area contributed by atoms with Gasteiger partial charge in [-0.1, -0.05) is 24.3 Å². The number of hydrogen-bond acceptors (Lipinski definition) is 4. The second-order valence-electron chi connectivity index (χ2n) is 8.37. The summed E-state index contributed by atoms with van der Waals surface area (Å²) < 4.78 is 43.2. The molecule has 0 saturated carbocycles. The summed E-state index contributed by atoms with van der Waals surface area (Å²) in [4.78, 5) is 14.4. The zero-order chi connectivity index (χ0) is 24.3. The fourth-order valence-electron chi connectivity index (χ4n) is 4.17. The summed E-state index contributed by atoms with van der Waals surface area (Å²) in [7, 11) is -3.88. The molecule has 1 aliphatic rings. The number of aromatic nitrogens is 2. The first-order chi connectivity index (χ1) is 16.2. The van der Waals surface area contributed by atoms with Crippen molar-refractivity contribution in [3.63, 3.8) is 0 Å². The van der Waals surface area contributed by atoms with E-state index in [0.29, 0.717) is 19.4 Å². The van der Waals surface area contributed by atoms with Gasteiger partial charge in [-0.25, -0.2) is 22.2 Å². The van der Waals surface area contributed by atoms with E-state index < -0.39 is 21.9 Å². The molecule has 0 aliphatic carbocycles. The maximum Gasteiger partial charge on any atom is 0.246 e. The lowest BCUT2D eigenvalue weighted by atomic mass is 10.1. The maximum absolute atomic E-state index is 13.5. The van der Waals surface area contributed by atoms with E-state index in [1.807, 2.05) is 48.9 Å². The number of nitrogens with zero attached hydrogens (tertiary/aromatic N) is 3. The Kier molecular flexibility index (Phi) is 6.95. The minimum atomic E-state index is -3.88. The van der Waals surface area contributed by atoms with Crippen LogP contribution in [0, 0.1) is 19.7 Å². The molecule has 1 unspecified atom stereocenters. The number of benzene rings is 2. The van der Waals surface area contributed by atoms with Gasteiger partial charge >= 0.3 is 0 Å². The minimum absolute atomic E-state index is 0.128. The van der Waals surface area contributed by atoms with Crippen molar-refractivity contribution in [2.75, 3.05) is 13.1 Å². The van der Waals surface area contributed by atoms with Crippen molar-refractivity contribution in [3.8, 4) is 5.69 Å². The standard InChI is InChI=1S/C25H27FN4O3S/c1-18-24(19(2)30(27-18)22-10-4-3-5-11-22)13-14-25(31)29-15-7-9-21(17-29)28-34(32,33)23-12-6-8-20(26)16-23/h3-6,8,10-14,16,21,28H,7,9,15,17H2,1-2H3/b14-13+. The molecule has 9 heteroatoms. The Labute approximate surface area is 199 Å². The van der Waals surface area contributed by atoms with Crippen molar-refractivity contribution in [3.05, 3.63) is 83.4 Å². The molecule has 2 aromatic carbocycles. The molecular formula is C25H27FN4O3S. The summed E-state index contributed by atoms with van der Waals surface area (Å²) in [5.74, 6) is -0.810. The average Bonchev–Trinajstić information content (AvgIpc) is 3.11. The van der Waals surface area contributed by atoms with Crippen LogP contribution in [-0.4, -0.2) is 48.1 Å². The van der Waals surface area contributed by atoms with Crippen molar-refractivity contribution < 1.29 is 17.6 Å². The van der Waals surface area contributed by atoms with Crippen LogP contribution in [0.4, 0.5) is 4.39 Å². The van der Waals surface area contributed by atoms with Crippen LogP contribution >= 0.6 is 0 Å². The molecule has 0 spiro atoms. The molecule has 1 N–H and O–H groups in total. The molecule has 34 heavy (non-hydrogen) atoms. The van der Waals surface area contributed by atoms with Crippen molar-refractivity contribution in [2.45, 2.75) is 37.6 Å². The molecule has 1 atom stereocenters. The molecule has 3 aromatic rings. The topological polar surface area (TPSA) is 84.3 Å². The van der Waals surface area contributed by atoms with Crippen LogP contribution in [0.5, 0.6) is 0 Å². The van der Waals surface area contributed by atoms with Crippen LogP contribution in [-0.2, 0) is 14.8 Å². The van der Waals surface area contributed by atoms with Gasteiger partial charge in [-0.3, -0.25) is 4.79 Å². The number of nitrogens with one attached hydrogen (secondary N) is 1. The lowest BCUT2D eigenvalue weighted by Gasteiger charge is -2.32. The number of sulfonamides is 1. The average molecular weight is 483 g/mol. The molecule has 4 rings (SSSR count). The van der Waals surface area contributed by atoms with Gasteiger partial charge in [-0.05, 0) is 63.1 Å². The summed E-state index contributed by atoms with van der Waals surface area (Å²) in [6.07, 6.45) is 4.54. The summed E-state index contributed by atoms with van der Waals surface area (Å²) in [6.45, 7) is 4.64. The maximum atomic E-state index is 13.5. The first kappa shape index (κ1) is 23.8. The number of halogens is 1. The summed E-state index contributed by atoms with van der Waals surface area (Å²) in [6, 6.07) is 14.2. The largest absolute Gasteiger partial charge is 0.338 e. The zero-order valence-electron chi connectivity index (χ0n) is 19.1. The van der Waals surface area contributed by atoms with Gasteiger partial charge in [0.2, 0.25) is 15.9 Å². The fraction of sp³-hybridized carbons (Fsp3) is 0.280. The van der Waals surface area contributed by atoms with Crippen molar-refractivity contribution in [1.29, 1.82) is 0 Å². The van der Waals surface area contributed by atoms with E-state index in [4.69, 9.17) is 0 Å². The highest BCUT2D eigenvalue weighted by Gasteiger charge is 2.27. The van der Waals surface area contributed by atoms with E-state index in [1.54, 1.807) is 11.0 Å². The third-order valence-electron chi connectivity index (χ3n) is 5.90. The second-order valence-corrected chi connectivity index (χ2v) is 10.1. The van der Waals surface area contributed by atoms with E-state index in [0.717, 1.165) is 28.7 Å². The second kappa shape index (κ2) is 9.90. The molecule has 1 saturated heterocycles. The van der Waals surface area contributed by atoms with Gasteiger partial charge < -0.3 is 4.90 Å². The van der Waals surface area contributed by atoms with E-state index in [-0.39, 0.29) is 17.3 Å². The number of piperidine rings is 1. The third kappa shape index (κ3) is 5.26. The number of carbonyl (C=O) groups excluding carboxylic acids is 1. The van der Waals surface area contributed by atoms with Gasteiger partial charge in [0.15, 0.2) is 0 Å². The van der Waals surface area contributed by atoms with E-state index in [2.05, 4.69) is 9.82 Å². The van der Waals surface area contributed by atoms with Crippen molar-refractivity contribution >= 4 is 22.0 Å². The Balaban J connectivity index is 1.44. The molecule has 7 nitrogen and oxygen atoms in total. The fourth-order valence-corrected chi connectivity index (χ4v) is 5.46. The molecule has 178 valence electrons. The smallest absolute Gasteiger partial charge is 0.246 e. The SMILES string of the molecule is Cc1nn(-c2ccccc2)c(C)c1/C=C/C(=O)N1CCCC(NS(=O)(=O)c2cccc(F)c2)C1. The highest BCUT2D eigenvalue weighted by Crippen LogP contribution is 2.20. The predicted molar refractivity (Wildman–Crippen MR) is 128 cm³/mol. The molecular weight excluding hydrogens is 455 g/mol. The Morgan fingerprint density at radius 3 is 2.65 bits per heavy atom. The van der Waals surface area contributed by atoms with Crippen molar-refractivity contribution in [2.24, 2.45) is 0 Å². The lowest BCUT2D eigenvalue weighted by Crippen LogP contribution is -2.49. The molecule has 0 radical (unpaired) electrons. The number of aryl methyl sites for hydroxylation is 1. The predicted octanol–water partition coefficient (Wildman–Crippen LogP) is 3.61. The third-order valence-corrected chi connectivity index (χ3v) is 7.42. The van der Waals surface area contributed by atoms with E-state index in [1.165, 1.54) is 24.3 Å². The first-order valence-corrected chi connectivity index (χ1v) is 12.6. The minimum Gasteiger partial charge on any atom is -0.338 e. The molecule has 1 aliphatic heterocycles. The summed E-state index contributed by atoms with van der Waals surface area (Å²) >= 11 is 0. The molecule has 1 amide bonds. The Morgan fingerprint density at radius 2 is 1.91 bits per heavy atom. The monoisotopic (exact) mass is 482 g/mol. The number of likely N-dealkylation sites (tertiary alicyclic amines) is 1. The first-order valence-electron chi connectivity index (χ1n) is 11.1. The van der Waals surface area contributed by atoms with E-state index >= 15 is 0 Å². The van der Waals surface area contributed by atoms with Gasteiger partial charge in [0.05, 0.1) is 16.3 Å². The molecule has 1 fully saturated rings. The Morgan fingerprint density at radius 1 is 1.15 bits per heavy atom. The zero-order valence-corrected chi connectivity index (χ0v) is 19.9. The highest BCUT2D eigenvalue weighted by molar-refractivity contribution is 7.89. The van der Waals surface area contributed by atoms with Crippen LogP contribution in [0.3, 0.4) is 0 Å². The quantitative estimate of drug-likeness (QED) is 0.544. The Hall–Kier alpha value is -3.30. The van der Waals surface area contributed by atoms with Gasteiger partial charge in [0.25, 0.3) is 0 Å². The van der Waals surface area contributed by atoms with Crippen LogP contribution in [0.2, 0.25) is 0 Å². The van der Waals surface area contributed by atoms with E-state index in [9.17, 15) is 17.6 Å². The molecule has 0 bridgehead atoms. The van der Waals surface area contributed by atoms with Gasteiger partial charge in [-0.2, -0.15) is 5.10 Å². The lowest BCUT2D eigenvalue weighted by molar-refractivity contribution is -0.127. The Bertz CT molecular complexity index is 1320. The van der Waals surface area contributed by atoms with Gasteiger partial charge in [-0.15, -0.1) is 0 Å². The van der Waals surface area contributed by atoms with Gasteiger partial charge in [0, 0.05) is 36.5 Å². The highest BCUT2D eigenvalue weighted by atomic mass is 32.2. The number of para-hydroxylation sites is 1. The summed E-state index contributed by atoms with van der Waals surface area (Å²) in [5.41, 5.74) is 3.55. The number of rotatable bonds is 6. The normalized spacial score (nSPS) is 16.8. The van der Waals surface area contributed by atoms with Gasteiger partial charge in [0.1, 0.15) is 5.82 Å². The van der Waals surface area contributed by atoms with Crippen LogP contribution in [0.1, 0.15) is 29.8 Å². The number of amides is 1. The molecule has 1 aromatic heterocycles.